The van der Waals surface area contributed by atoms with E-state index in [1.807, 2.05) is 0 Å². The van der Waals surface area contributed by atoms with Crippen molar-refractivity contribution in [3.63, 3.8) is 0 Å². The van der Waals surface area contributed by atoms with Gasteiger partial charge in [-0.25, -0.2) is 0 Å². The van der Waals surface area contributed by atoms with Crippen molar-refractivity contribution in [1.82, 2.24) is 10.0 Å². The molecule has 1 aliphatic rings. The van der Waals surface area contributed by atoms with Crippen molar-refractivity contribution in [3.05, 3.63) is 0 Å². The minimum absolute atomic E-state index is 0.217. The zero-order valence-corrected chi connectivity index (χ0v) is 17.0. The van der Waals surface area contributed by atoms with Crippen LogP contribution < -0.4 is 10.0 Å². The Hall–Kier alpha value is -0.260. The second kappa shape index (κ2) is 12.2. The molecule has 0 radical (unpaired) electrons. The van der Waals surface area contributed by atoms with E-state index in [9.17, 15) is 4.79 Å². The van der Waals surface area contributed by atoms with Crippen LogP contribution in [0.2, 0.25) is 0 Å². The van der Waals surface area contributed by atoms with E-state index in [-0.39, 0.29) is 10.7 Å². The molecule has 0 saturated heterocycles. The highest BCUT2D eigenvalue weighted by atomic mass is 32.2. The van der Waals surface area contributed by atoms with E-state index in [0.29, 0.717) is 18.6 Å². The number of unbranched alkanes of at least 4 members (excludes halogenated alkanes) is 2. The number of nitrogens with one attached hydrogen (secondary N) is 2. The fourth-order valence-electron chi connectivity index (χ4n) is 2.82. The number of carbonyl (C=O) groups is 1. The molecule has 2 N–H and O–H groups in total. The van der Waals surface area contributed by atoms with Gasteiger partial charge in [-0.3, -0.25) is 9.52 Å². The van der Waals surface area contributed by atoms with Crippen LogP contribution in [-0.4, -0.2) is 36.0 Å². The van der Waals surface area contributed by atoms with Gasteiger partial charge in [0.15, 0.2) is 0 Å². The van der Waals surface area contributed by atoms with Crippen LogP contribution >= 0.6 is 11.9 Å². The second-order valence-corrected chi connectivity index (χ2v) is 9.55. The maximum Gasteiger partial charge on any atom is 0.220 e. The van der Waals surface area contributed by atoms with Gasteiger partial charge in [-0.2, -0.15) is 0 Å². The number of hydrogen-bond donors (Lipinski definition) is 2. The van der Waals surface area contributed by atoms with Crippen molar-refractivity contribution in [2.45, 2.75) is 102 Å². The van der Waals surface area contributed by atoms with E-state index < -0.39 is 0 Å². The van der Waals surface area contributed by atoms with Crippen LogP contribution in [0.4, 0.5) is 0 Å². The lowest BCUT2D eigenvalue weighted by molar-refractivity contribution is -0.122. The number of carbonyl (C=O) groups excluding carboxylic acids is 1. The van der Waals surface area contributed by atoms with Crippen LogP contribution in [0.15, 0.2) is 0 Å². The zero-order chi connectivity index (χ0) is 17.8. The largest absolute Gasteiger partial charge is 0.378 e. The van der Waals surface area contributed by atoms with E-state index in [1.54, 1.807) is 11.9 Å². The van der Waals surface area contributed by atoms with Crippen LogP contribution in [-0.2, 0) is 9.53 Å². The van der Waals surface area contributed by atoms with Crippen LogP contribution in [0.3, 0.4) is 0 Å². The molecule has 0 spiro atoms. The van der Waals surface area contributed by atoms with E-state index >= 15 is 0 Å². The molecule has 0 aromatic heterocycles. The predicted molar refractivity (Wildman–Crippen MR) is 104 cm³/mol. The Kier molecular flexibility index (Phi) is 11.0. The number of ether oxygens (including phenoxy) is 1. The fraction of sp³-hybridized carbons (Fsp3) is 0.947. The van der Waals surface area contributed by atoms with Crippen molar-refractivity contribution in [3.8, 4) is 0 Å². The fourth-order valence-corrected chi connectivity index (χ4v) is 3.50. The van der Waals surface area contributed by atoms with Gasteiger partial charge in [0.1, 0.15) is 0 Å². The maximum atomic E-state index is 12.0. The smallest absolute Gasteiger partial charge is 0.220 e. The second-order valence-electron chi connectivity index (χ2n) is 7.83. The molecule has 142 valence electrons. The maximum absolute atomic E-state index is 12.0. The molecule has 1 rings (SSSR count). The Morgan fingerprint density at radius 1 is 1.12 bits per heavy atom. The van der Waals surface area contributed by atoms with Gasteiger partial charge in [-0.05, 0) is 65.7 Å². The minimum atomic E-state index is 0.217. The monoisotopic (exact) mass is 358 g/mol. The van der Waals surface area contributed by atoms with Crippen LogP contribution in [0.25, 0.3) is 0 Å². The third-order valence-electron chi connectivity index (χ3n) is 4.20. The molecular formula is C19H38N2O2S. The topological polar surface area (TPSA) is 50.4 Å². The molecule has 0 bridgehead atoms. The van der Waals surface area contributed by atoms with Gasteiger partial charge in [0.25, 0.3) is 0 Å². The van der Waals surface area contributed by atoms with Crippen molar-refractivity contribution in [2.75, 3.05) is 13.2 Å². The number of rotatable bonds is 11. The highest BCUT2D eigenvalue weighted by Gasteiger charge is 2.22. The first kappa shape index (κ1) is 21.8. The highest BCUT2D eigenvalue weighted by molar-refractivity contribution is 7.98. The molecule has 0 aliphatic heterocycles. The quantitative estimate of drug-likeness (QED) is 0.423. The Balaban J connectivity index is 2.00. The number of hydrogen-bond acceptors (Lipinski definition) is 4. The zero-order valence-electron chi connectivity index (χ0n) is 16.2. The molecule has 0 unspecified atom stereocenters. The summed E-state index contributed by atoms with van der Waals surface area (Å²) in [5.41, 5.74) is 0. The van der Waals surface area contributed by atoms with Crippen molar-refractivity contribution < 1.29 is 9.53 Å². The van der Waals surface area contributed by atoms with Crippen LogP contribution in [0, 0.1) is 0 Å². The van der Waals surface area contributed by atoms with Crippen LogP contribution in [0.1, 0.15) is 85.5 Å². The third-order valence-corrected chi connectivity index (χ3v) is 5.16. The average Bonchev–Trinajstić information content (AvgIpc) is 2.52. The van der Waals surface area contributed by atoms with Gasteiger partial charge in [0.2, 0.25) is 5.91 Å². The molecule has 0 heterocycles. The van der Waals surface area contributed by atoms with Gasteiger partial charge in [0, 0.05) is 30.4 Å². The Labute approximate surface area is 153 Å². The molecular weight excluding hydrogens is 320 g/mol. The first-order valence-electron chi connectivity index (χ1n) is 9.72. The summed E-state index contributed by atoms with van der Waals surface area (Å²) in [6.45, 7) is 10.6. The summed E-state index contributed by atoms with van der Waals surface area (Å²) in [5, 5.41) is 3.20. The van der Waals surface area contributed by atoms with Gasteiger partial charge in [0.05, 0.1) is 6.10 Å². The Morgan fingerprint density at radius 2 is 1.83 bits per heavy atom. The first-order valence-corrected chi connectivity index (χ1v) is 10.5. The molecule has 5 heteroatoms. The summed E-state index contributed by atoms with van der Waals surface area (Å²) in [7, 11) is 0. The van der Waals surface area contributed by atoms with Crippen LogP contribution in [0.5, 0.6) is 0 Å². The molecule has 4 nitrogen and oxygen atoms in total. The predicted octanol–water partition coefficient (Wildman–Crippen LogP) is 4.44. The van der Waals surface area contributed by atoms with Gasteiger partial charge in [-0.1, -0.05) is 25.3 Å². The first-order chi connectivity index (χ1) is 11.4. The van der Waals surface area contributed by atoms with Gasteiger partial charge < -0.3 is 10.1 Å². The van der Waals surface area contributed by atoms with Gasteiger partial charge >= 0.3 is 0 Å². The lowest BCUT2D eigenvalue weighted by Crippen LogP contribution is -2.39. The molecule has 0 aromatic rings. The molecule has 1 amide bonds. The summed E-state index contributed by atoms with van der Waals surface area (Å²) in [4.78, 5) is 12.0. The van der Waals surface area contributed by atoms with Crippen molar-refractivity contribution in [1.29, 1.82) is 0 Å². The van der Waals surface area contributed by atoms with Gasteiger partial charge in [-0.15, -0.1) is 0 Å². The van der Waals surface area contributed by atoms with Crippen molar-refractivity contribution >= 4 is 17.9 Å². The summed E-state index contributed by atoms with van der Waals surface area (Å²) in [5.74, 6) is 0.217. The molecule has 1 fully saturated rings. The van der Waals surface area contributed by atoms with E-state index in [0.717, 1.165) is 58.1 Å². The molecule has 1 aliphatic carbocycles. The normalized spacial score (nSPS) is 21.7. The molecule has 0 aromatic carbocycles. The Morgan fingerprint density at radius 3 is 2.46 bits per heavy atom. The minimum Gasteiger partial charge on any atom is -0.378 e. The van der Waals surface area contributed by atoms with E-state index in [1.165, 1.54) is 6.42 Å². The third kappa shape index (κ3) is 11.3. The average molecular weight is 359 g/mol. The summed E-state index contributed by atoms with van der Waals surface area (Å²) < 4.78 is 9.51. The standard InChI is InChI=1S/C19H38N2O2S/c1-5-6-15-23-17-12-10-16(11-13-17)21-18(22)9-7-8-14-20-24-19(2,3)4/h16-17,20H,5-15H2,1-4H3,(H,21,22). The highest BCUT2D eigenvalue weighted by Crippen LogP contribution is 2.22. The molecule has 1 saturated carbocycles. The summed E-state index contributed by atoms with van der Waals surface area (Å²) in [6, 6.07) is 0.359. The van der Waals surface area contributed by atoms with E-state index in [2.05, 4.69) is 37.7 Å². The molecule has 0 atom stereocenters. The molecule has 24 heavy (non-hydrogen) atoms. The lowest BCUT2D eigenvalue weighted by Gasteiger charge is -2.29. The lowest BCUT2D eigenvalue weighted by atomic mass is 9.93. The van der Waals surface area contributed by atoms with E-state index in [4.69, 9.17) is 4.74 Å². The summed E-state index contributed by atoms with van der Waals surface area (Å²) in [6.07, 6.45) is 9.71. The number of amides is 1. The summed E-state index contributed by atoms with van der Waals surface area (Å²) >= 11 is 1.77. The Bertz CT molecular complexity index is 337. The van der Waals surface area contributed by atoms with Crippen molar-refractivity contribution in [2.24, 2.45) is 0 Å². The SMILES string of the molecule is CCCCOC1CCC(NC(=O)CCCCNSC(C)(C)C)CC1.